The van der Waals surface area contributed by atoms with E-state index in [9.17, 15) is 22.8 Å². The Morgan fingerprint density at radius 2 is 1.71 bits per heavy atom. The van der Waals surface area contributed by atoms with E-state index >= 15 is 0 Å². The highest BCUT2D eigenvalue weighted by molar-refractivity contribution is 7.89. The van der Waals surface area contributed by atoms with Gasteiger partial charge in [-0.05, 0) is 31.2 Å². The number of aromatic amines is 1. The van der Waals surface area contributed by atoms with Crippen molar-refractivity contribution in [2.75, 3.05) is 38.4 Å². The molecule has 2 N–H and O–H groups in total. The van der Waals surface area contributed by atoms with Gasteiger partial charge in [0.2, 0.25) is 22.4 Å². The molecule has 1 fully saturated rings. The lowest BCUT2D eigenvalue weighted by molar-refractivity contribution is 0.0730. The number of sulfonamides is 1. The minimum Gasteiger partial charge on any atom is -0.454 e. The first-order valence-corrected chi connectivity index (χ1v) is 12.2. The molecular formula is C23H21N3O8S. The minimum atomic E-state index is -3.84. The topological polar surface area (TPSA) is 144 Å². The zero-order chi connectivity index (χ0) is 24.7. The van der Waals surface area contributed by atoms with Gasteiger partial charge in [0.15, 0.2) is 17.3 Å². The molecule has 5 rings (SSSR count). The average molecular weight is 500 g/mol. The molecule has 2 aliphatic heterocycles. The fourth-order valence-corrected chi connectivity index (χ4v) is 5.48. The normalized spacial score (nSPS) is 15.8. The number of rotatable bonds is 5. The summed E-state index contributed by atoms with van der Waals surface area (Å²) in [4.78, 5) is 40.3. The number of nitrogens with zero attached hydrogens (tertiary/aromatic N) is 1. The number of morpholine rings is 1. The van der Waals surface area contributed by atoms with E-state index in [-0.39, 0.29) is 52.8 Å². The third-order valence-electron chi connectivity index (χ3n) is 5.81. The summed E-state index contributed by atoms with van der Waals surface area (Å²) in [6, 6.07) is 8.22. The van der Waals surface area contributed by atoms with Crippen molar-refractivity contribution >= 4 is 38.3 Å². The Balaban J connectivity index is 1.56. The van der Waals surface area contributed by atoms with Crippen LogP contribution in [-0.4, -0.2) is 62.5 Å². The molecule has 0 radical (unpaired) electrons. The number of carbonyl (C=O) groups is 2. The van der Waals surface area contributed by atoms with Gasteiger partial charge in [-0.1, -0.05) is 0 Å². The van der Waals surface area contributed by atoms with Gasteiger partial charge in [0.25, 0.3) is 5.91 Å². The van der Waals surface area contributed by atoms with Crippen LogP contribution in [0, 0.1) is 0 Å². The number of ether oxygens (including phenoxy) is 3. The standard InChI is InChI=1S/C23H21N3O8S/c1-13(27)15-9-20-21(34-12-33-20)11-19(15)25-23(29)17-10-22(28)24-18-3-2-14(8-16(17)18)35(30,31)26-4-6-32-7-5-26/h2-3,8-11H,4-7,12H2,1H3,(H,24,28)(H,25,29). The summed E-state index contributed by atoms with van der Waals surface area (Å²) in [7, 11) is -3.84. The third-order valence-corrected chi connectivity index (χ3v) is 7.70. The van der Waals surface area contributed by atoms with E-state index in [2.05, 4.69) is 10.3 Å². The molecule has 0 aliphatic carbocycles. The van der Waals surface area contributed by atoms with Gasteiger partial charge in [-0.2, -0.15) is 4.31 Å². The number of benzene rings is 2. The van der Waals surface area contributed by atoms with Crippen LogP contribution in [0.15, 0.2) is 46.1 Å². The van der Waals surface area contributed by atoms with E-state index in [4.69, 9.17) is 14.2 Å². The summed E-state index contributed by atoms with van der Waals surface area (Å²) < 4.78 is 43.5. The van der Waals surface area contributed by atoms with E-state index in [0.29, 0.717) is 30.2 Å². The molecule has 35 heavy (non-hydrogen) atoms. The highest BCUT2D eigenvalue weighted by Crippen LogP contribution is 2.37. The average Bonchev–Trinajstić information content (AvgIpc) is 3.30. The number of aromatic nitrogens is 1. The van der Waals surface area contributed by atoms with E-state index in [1.165, 1.54) is 41.6 Å². The van der Waals surface area contributed by atoms with Crippen LogP contribution >= 0.6 is 0 Å². The van der Waals surface area contributed by atoms with Crippen molar-refractivity contribution < 1.29 is 32.2 Å². The fraction of sp³-hybridized carbons (Fsp3) is 0.261. The highest BCUT2D eigenvalue weighted by Gasteiger charge is 2.27. The van der Waals surface area contributed by atoms with Gasteiger partial charge >= 0.3 is 0 Å². The number of ketones is 1. The lowest BCUT2D eigenvalue weighted by Gasteiger charge is -2.26. The number of hydrogen-bond acceptors (Lipinski definition) is 8. The highest BCUT2D eigenvalue weighted by atomic mass is 32.2. The molecular weight excluding hydrogens is 478 g/mol. The van der Waals surface area contributed by atoms with Gasteiger partial charge < -0.3 is 24.5 Å². The Morgan fingerprint density at radius 3 is 2.43 bits per heavy atom. The van der Waals surface area contributed by atoms with Crippen molar-refractivity contribution in [2.24, 2.45) is 0 Å². The second-order valence-corrected chi connectivity index (χ2v) is 9.97. The molecule has 3 heterocycles. The lowest BCUT2D eigenvalue weighted by Crippen LogP contribution is -2.40. The van der Waals surface area contributed by atoms with Gasteiger partial charge in [-0.3, -0.25) is 14.4 Å². The molecule has 1 aromatic heterocycles. The molecule has 2 aliphatic rings. The lowest BCUT2D eigenvalue weighted by atomic mass is 10.1. The summed E-state index contributed by atoms with van der Waals surface area (Å²) >= 11 is 0. The predicted octanol–water partition coefficient (Wildman–Crippen LogP) is 1.73. The van der Waals surface area contributed by atoms with E-state index in [1.54, 1.807) is 0 Å². The third kappa shape index (κ3) is 4.27. The van der Waals surface area contributed by atoms with Crippen LogP contribution in [0.2, 0.25) is 0 Å². The van der Waals surface area contributed by atoms with Crippen LogP contribution in [0.25, 0.3) is 10.9 Å². The summed E-state index contributed by atoms with van der Waals surface area (Å²) in [5.74, 6) is -0.260. The molecule has 0 unspecified atom stereocenters. The van der Waals surface area contributed by atoms with Gasteiger partial charge in [0.1, 0.15) is 0 Å². The summed E-state index contributed by atoms with van der Waals surface area (Å²) in [6.07, 6.45) is 0. The second kappa shape index (κ2) is 8.80. The Hall–Kier alpha value is -3.74. The van der Waals surface area contributed by atoms with Crippen LogP contribution in [0.3, 0.4) is 0 Å². The molecule has 0 bridgehead atoms. The van der Waals surface area contributed by atoms with Crippen LogP contribution in [0.5, 0.6) is 11.5 Å². The first-order chi connectivity index (χ1) is 16.7. The molecule has 3 aromatic rings. The monoisotopic (exact) mass is 499 g/mol. The fourth-order valence-electron chi connectivity index (χ4n) is 4.04. The van der Waals surface area contributed by atoms with Gasteiger partial charge in [0, 0.05) is 41.7 Å². The number of fused-ring (bicyclic) bond motifs is 2. The maximum absolute atomic E-state index is 13.3. The van der Waals surface area contributed by atoms with Crippen LogP contribution < -0.4 is 20.3 Å². The van der Waals surface area contributed by atoms with Crippen molar-refractivity contribution in [1.29, 1.82) is 0 Å². The van der Waals surface area contributed by atoms with Crippen LogP contribution in [-0.2, 0) is 14.8 Å². The molecule has 1 saturated heterocycles. The number of amides is 1. The van der Waals surface area contributed by atoms with Crippen LogP contribution in [0.4, 0.5) is 5.69 Å². The number of pyridine rings is 1. The molecule has 11 nitrogen and oxygen atoms in total. The SMILES string of the molecule is CC(=O)c1cc2c(cc1NC(=O)c1cc(=O)[nH]c3ccc(S(=O)(=O)N4CCOCC4)cc13)OCO2. The number of carbonyl (C=O) groups excluding carboxylic acids is 2. The number of hydrogen-bond donors (Lipinski definition) is 2. The molecule has 12 heteroatoms. The Kier molecular flexibility index (Phi) is 5.79. The van der Waals surface area contributed by atoms with Crippen molar-refractivity contribution in [2.45, 2.75) is 11.8 Å². The molecule has 0 spiro atoms. The number of anilines is 1. The van der Waals surface area contributed by atoms with Gasteiger partial charge in [-0.15, -0.1) is 0 Å². The quantitative estimate of drug-likeness (QED) is 0.505. The zero-order valence-corrected chi connectivity index (χ0v) is 19.4. The number of nitrogens with one attached hydrogen (secondary N) is 2. The van der Waals surface area contributed by atoms with E-state index in [0.717, 1.165) is 6.07 Å². The Morgan fingerprint density at radius 1 is 1.00 bits per heavy atom. The number of Topliss-reactive ketones (excluding diaryl/α,β-unsaturated/α-hetero) is 1. The molecule has 0 atom stereocenters. The first kappa shape index (κ1) is 23.0. The second-order valence-electron chi connectivity index (χ2n) is 8.03. The van der Waals surface area contributed by atoms with Crippen molar-refractivity contribution in [3.05, 3.63) is 57.9 Å². The van der Waals surface area contributed by atoms with Gasteiger partial charge in [0.05, 0.1) is 29.4 Å². The maximum atomic E-state index is 13.3. The summed E-state index contributed by atoms with van der Waals surface area (Å²) in [6.45, 7) is 2.36. The van der Waals surface area contributed by atoms with Gasteiger partial charge in [-0.25, -0.2) is 8.42 Å². The Labute approximate surface area is 199 Å². The molecule has 0 saturated carbocycles. The minimum absolute atomic E-state index is 0.0107. The van der Waals surface area contributed by atoms with E-state index in [1.807, 2.05) is 0 Å². The van der Waals surface area contributed by atoms with Crippen LogP contribution in [0.1, 0.15) is 27.6 Å². The molecule has 182 valence electrons. The van der Waals surface area contributed by atoms with Crippen molar-refractivity contribution in [3.63, 3.8) is 0 Å². The van der Waals surface area contributed by atoms with E-state index < -0.39 is 21.5 Å². The zero-order valence-electron chi connectivity index (χ0n) is 18.6. The summed E-state index contributed by atoms with van der Waals surface area (Å²) in [5, 5.41) is 2.89. The largest absolute Gasteiger partial charge is 0.454 e. The summed E-state index contributed by atoms with van der Waals surface area (Å²) in [5.41, 5.74) is 0.0875. The maximum Gasteiger partial charge on any atom is 0.256 e. The van der Waals surface area contributed by atoms with Crippen molar-refractivity contribution in [1.82, 2.24) is 9.29 Å². The molecule has 2 aromatic carbocycles. The predicted molar refractivity (Wildman–Crippen MR) is 125 cm³/mol. The first-order valence-electron chi connectivity index (χ1n) is 10.7. The number of H-pyrrole nitrogens is 1. The Bertz CT molecular complexity index is 1520. The smallest absolute Gasteiger partial charge is 0.256 e. The van der Waals surface area contributed by atoms with Crippen molar-refractivity contribution in [3.8, 4) is 11.5 Å². The molecule has 1 amide bonds.